The van der Waals surface area contributed by atoms with E-state index >= 15 is 0 Å². The Bertz CT molecular complexity index is 502. The third-order valence-electron chi connectivity index (χ3n) is 3.61. The van der Waals surface area contributed by atoms with Gasteiger partial charge in [0.25, 0.3) is 0 Å². The van der Waals surface area contributed by atoms with E-state index in [1.54, 1.807) is 13.8 Å². The van der Waals surface area contributed by atoms with Crippen LogP contribution >= 0.6 is 0 Å². The summed E-state index contributed by atoms with van der Waals surface area (Å²) in [6, 6.07) is 2.71. The maximum absolute atomic E-state index is 11.8. The first-order chi connectivity index (χ1) is 12.4. The van der Waals surface area contributed by atoms with E-state index in [0.29, 0.717) is 26.1 Å². The molecule has 144 valence electrons. The van der Waals surface area contributed by atoms with Crippen LogP contribution in [0.5, 0.6) is 0 Å². The molecule has 0 saturated carbocycles. The van der Waals surface area contributed by atoms with Crippen LogP contribution in [-0.4, -0.2) is 37.2 Å². The number of hydrogen-bond donors (Lipinski definition) is 0. The quantitative estimate of drug-likeness (QED) is 0.387. The molecule has 0 aromatic rings. The van der Waals surface area contributed by atoms with Crippen LogP contribution in [0.15, 0.2) is 10.2 Å². The number of carbonyl (C=O) groups is 2. The molecule has 26 heavy (non-hydrogen) atoms. The van der Waals surface area contributed by atoms with Crippen LogP contribution in [-0.2, 0) is 19.1 Å². The number of ether oxygens (including phenoxy) is 2. The van der Waals surface area contributed by atoms with E-state index in [0.717, 1.165) is 0 Å². The van der Waals surface area contributed by atoms with Gasteiger partial charge in [-0.1, -0.05) is 13.8 Å². The van der Waals surface area contributed by atoms with Crippen molar-refractivity contribution in [1.29, 1.82) is 10.5 Å². The predicted octanol–water partition coefficient (Wildman–Crippen LogP) is 3.18. The molecule has 0 saturated heterocycles. The summed E-state index contributed by atoms with van der Waals surface area (Å²) in [5, 5.41) is 26.4. The highest BCUT2D eigenvalue weighted by Gasteiger charge is 2.25. The van der Waals surface area contributed by atoms with Gasteiger partial charge in [-0.15, -0.1) is 0 Å². The number of carbonyl (C=O) groups excluding carboxylic acids is 2. The summed E-state index contributed by atoms with van der Waals surface area (Å²) in [5.41, 5.74) is 0. The van der Waals surface area contributed by atoms with Crippen LogP contribution in [0, 0.1) is 34.5 Å². The number of azo groups is 1. The second-order valence-electron chi connectivity index (χ2n) is 6.05. The van der Waals surface area contributed by atoms with Gasteiger partial charge in [0.2, 0.25) is 0 Å². The van der Waals surface area contributed by atoms with E-state index in [-0.39, 0.29) is 12.8 Å². The maximum Gasteiger partial charge on any atom is 0.308 e. The first kappa shape index (κ1) is 23.5. The number of rotatable bonds is 12. The minimum Gasteiger partial charge on any atom is -0.466 e. The Labute approximate surface area is 155 Å². The molecule has 0 bridgehead atoms. The van der Waals surface area contributed by atoms with Gasteiger partial charge in [-0.25, -0.2) is 0 Å². The fourth-order valence-corrected chi connectivity index (χ4v) is 1.87. The average molecular weight is 364 g/mol. The van der Waals surface area contributed by atoms with E-state index in [4.69, 9.17) is 20.0 Å². The summed E-state index contributed by atoms with van der Waals surface area (Å²) < 4.78 is 10.0. The lowest BCUT2D eigenvalue weighted by Gasteiger charge is -2.16. The van der Waals surface area contributed by atoms with Gasteiger partial charge >= 0.3 is 11.9 Å². The lowest BCUT2D eigenvalue weighted by molar-refractivity contribution is -0.145. The molecule has 0 aliphatic heterocycles. The standard InChI is InChI=1S/C18H28N4O4/c1-5-7-25-17(23)9-15(13(3)11-19)21-22-16(14(4)12-20)10-18(24)26-8-6-2/h13-16H,5-10H2,1-4H3. The Morgan fingerprint density at radius 1 is 0.846 bits per heavy atom. The van der Waals surface area contributed by atoms with E-state index in [9.17, 15) is 9.59 Å². The molecule has 0 rings (SSSR count). The zero-order valence-corrected chi connectivity index (χ0v) is 16.0. The largest absolute Gasteiger partial charge is 0.466 e. The van der Waals surface area contributed by atoms with Crippen LogP contribution in [0.25, 0.3) is 0 Å². The Hall–Kier alpha value is -2.48. The lowest BCUT2D eigenvalue weighted by atomic mass is 10.0. The molecule has 0 spiro atoms. The molecule has 8 nitrogen and oxygen atoms in total. The Morgan fingerprint density at radius 2 is 1.19 bits per heavy atom. The highest BCUT2D eigenvalue weighted by atomic mass is 16.5. The molecule has 4 unspecified atom stereocenters. The van der Waals surface area contributed by atoms with Gasteiger partial charge in [0.05, 0.1) is 62.1 Å². The number of hydrogen-bond acceptors (Lipinski definition) is 8. The second-order valence-corrected chi connectivity index (χ2v) is 6.05. The van der Waals surface area contributed by atoms with Crippen LogP contribution < -0.4 is 0 Å². The smallest absolute Gasteiger partial charge is 0.308 e. The van der Waals surface area contributed by atoms with E-state index in [1.807, 2.05) is 26.0 Å². The summed E-state index contributed by atoms with van der Waals surface area (Å²) in [5.74, 6) is -2.02. The Kier molecular flexibility index (Phi) is 12.5. The maximum atomic E-state index is 11.8. The molecule has 4 atom stereocenters. The third kappa shape index (κ3) is 9.73. The SMILES string of the molecule is CCCOC(=O)CC(N=NC(CC(=O)OCCC)C(C)C#N)C(C)C#N. The summed E-state index contributed by atoms with van der Waals surface area (Å²) in [6.07, 6.45) is 1.25. The van der Waals surface area contributed by atoms with Crippen molar-refractivity contribution in [3.05, 3.63) is 0 Å². The summed E-state index contributed by atoms with van der Waals surface area (Å²) >= 11 is 0. The van der Waals surface area contributed by atoms with Gasteiger partial charge in [-0.05, 0) is 26.7 Å². The van der Waals surface area contributed by atoms with Crippen molar-refractivity contribution in [3.63, 3.8) is 0 Å². The zero-order valence-electron chi connectivity index (χ0n) is 16.0. The summed E-state index contributed by atoms with van der Waals surface area (Å²) in [6.45, 7) is 7.65. The molecular weight excluding hydrogens is 336 g/mol. The van der Waals surface area contributed by atoms with Gasteiger partial charge in [-0.2, -0.15) is 20.8 Å². The summed E-state index contributed by atoms with van der Waals surface area (Å²) in [7, 11) is 0. The van der Waals surface area contributed by atoms with Crippen molar-refractivity contribution in [2.45, 2.75) is 65.5 Å². The van der Waals surface area contributed by atoms with Crippen molar-refractivity contribution < 1.29 is 19.1 Å². The molecule has 0 fully saturated rings. The molecule has 0 aliphatic rings. The Balaban J connectivity index is 5.09. The molecule has 8 heteroatoms. The van der Waals surface area contributed by atoms with Crippen molar-refractivity contribution in [1.82, 2.24) is 0 Å². The highest BCUT2D eigenvalue weighted by Crippen LogP contribution is 2.17. The molecular formula is C18H28N4O4. The topological polar surface area (TPSA) is 125 Å². The molecule has 0 aliphatic carbocycles. The van der Waals surface area contributed by atoms with Crippen molar-refractivity contribution >= 4 is 11.9 Å². The number of nitrogens with zero attached hydrogens (tertiary/aromatic N) is 4. The van der Waals surface area contributed by atoms with Gasteiger partial charge in [0.15, 0.2) is 0 Å². The number of esters is 2. The van der Waals surface area contributed by atoms with Crippen LogP contribution in [0.3, 0.4) is 0 Å². The van der Waals surface area contributed by atoms with Crippen LogP contribution in [0.1, 0.15) is 53.4 Å². The van der Waals surface area contributed by atoms with Gasteiger partial charge in [0.1, 0.15) is 0 Å². The average Bonchev–Trinajstić information content (AvgIpc) is 2.65. The molecule has 0 radical (unpaired) electrons. The molecule has 0 aromatic heterocycles. The second kappa shape index (κ2) is 13.8. The van der Waals surface area contributed by atoms with Crippen LogP contribution in [0.2, 0.25) is 0 Å². The Morgan fingerprint density at radius 3 is 1.46 bits per heavy atom. The molecule has 0 N–H and O–H groups in total. The van der Waals surface area contributed by atoms with Gasteiger partial charge < -0.3 is 9.47 Å². The minimum atomic E-state index is -0.690. The highest BCUT2D eigenvalue weighted by molar-refractivity contribution is 5.70. The van der Waals surface area contributed by atoms with Crippen LogP contribution in [0.4, 0.5) is 0 Å². The third-order valence-corrected chi connectivity index (χ3v) is 3.61. The normalized spacial score (nSPS) is 15.3. The first-order valence-electron chi connectivity index (χ1n) is 8.89. The van der Waals surface area contributed by atoms with Gasteiger partial charge in [0, 0.05) is 0 Å². The van der Waals surface area contributed by atoms with E-state index in [2.05, 4.69) is 10.2 Å². The van der Waals surface area contributed by atoms with E-state index in [1.165, 1.54) is 0 Å². The molecule has 0 heterocycles. The fraction of sp³-hybridized carbons (Fsp3) is 0.778. The predicted molar refractivity (Wildman–Crippen MR) is 93.7 cm³/mol. The van der Waals surface area contributed by atoms with Gasteiger partial charge in [-0.3, -0.25) is 9.59 Å². The minimum absolute atomic E-state index is 0.0772. The monoisotopic (exact) mass is 364 g/mol. The zero-order chi connectivity index (χ0) is 19.9. The van der Waals surface area contributed by atoms with Crippen molar-refractivity contribution in [2.24, 2.45) is 22.1 Å². The lowest BCUT2D eigenvalue weighted by Crippen LogP contribution is -2.23. The first-order valence-corrected chi connectivity index (χ1v) is 8.89. The van der Waals surface area contributed by atoms with Crippen molar-refractivity contribution in [2.75, 3.05) is 13.2 Å². The molecule has 0 amide bonds. The number of nitriles is 2. The van der Waals surface area contributed by atoms with E-state index < -0.39 is 35.9 Å². The fourth-order valence-electron chi connectivity index (χ4n) is 1.87. The van der Waals surface area contributed by atoms with Crippen molar-refractivity contribution in [3.8, 4) is 12.1 Å². The summed E-state index contributed by atoms with van der Waals surface area (Å²) in [4.78, 5) is 23.6. The molecule has 0 aromatic carbocycles.